The number of ether oxygens (including phenoxy) is 1. The van der Waals surface area contributed by atoms with Crippen LogP contribution in [-0.4, -0.2) is 44.7 Å². The molecule has 1 aliphatic rings. The van der Waals surface area contributed by atoms with Gasteiger partial charge in [-0.15, -0.1) is 0 Å². The quantitative estimate of drug-likeness (QED) is 0.847. The molecule has 1 saturated heterocycles. The van der Waals surface area contributed by atoms with Gasteiger partial charge in [0.1, 0.15) is 5.75 Å². The minimum Gasteiger partial charge on any atom is -0.491 e. The Labute approximate surface area is 128 Å². The van der Waals surface area contributed by atoms with Crippen LogP contribution in [0.1, 0.15) is 26.7 Å². The van der Waals surface area contributed by atoms with Crippen molar-refractivity contribution in [1.82, 2.24) is 4.90 Å². The van der Waals surface area contributed by atoms with Crippen LogP contribution in [0.2, 0.25) is 0 Å². The van der Waals surface area contributed by atoms with E-state index in [9.17, 15) is 0 Å². The summed E-state index contributed by atoms with van der Waals surface area (Å²) in [7, 11) is 4.35. The number of piperidine rings is 1. The normalized spacial score (nSPS) is 17.2. The van der Waals surface area contributed by atoms with E-state index in [0.717, 1.165) is 29.6 Å². The summed E-state index contributed by atoms with van der Waals surface area (Å²) in [5.74, 6) is 1.62. The summed E-state index contributed by atoms with van der Waals surface area (Å²) >= 11 is 0. The SMILES string of the molecule is CC(C)Oc1cc(N)cc(N(C)CC2CCN(C)CC2)c1. The van der Waals surface area contributed by atoms with Crippen molar-refractivity contribution >= 4 is 11.4 Å². The molecule has 4 nitrogen and oxygen atoms in total. The Kier molecular flexibility index (Phi) is 5.34. The lowest BCUT2D eigenvalue weighted by Gasteiger charge is -2.32. The molecular weight excluding hydrogens is 262 g/mol. The van der Waals surface area contributed by atoms with E-state index in [4.69, 9.17) is 10.5 Å². The molecule has 21 heavy (non-hydrogen) atoms. The van der Waals surface area contributed by atoms with Gasteiger partial charge in [0.15, 0.2) is 0 Å². The summed E-state index contributed by atoms with van der Waals surface area (Å²) in [5.41, 5.74) is 7.92. The molecule has 0 spiro atoms. The monoisotopic (exact) mass is 291 g/mol. The highest BCUT2D eigenvalue weighted by molar-refractivity contribution is 5.60. The molecule has 0 saturated carbocycles. The Bertz CT molecular complexity index is 453. The Morgan fingerprint density at radius 2 is 1.95 bits per heavy atom. The summed E-state index contributed by atoms with van der Waals surface area (Å²) < 4.78 is 5.78. The molecular formula is C17H29N3O. The first-order valence-electron chi connectivity index (χ1n) is 7.91. The first-order chi connectivity index (χ1) is 9.94. The summed E-state index contributed by atoms with van der Waals surface area (Å²) in [6.45, 7) is 7.56. The van der Waals surface area contributed by atoms with E-state index in [1.165, 1.54) is 25.9 Å². The number of anilines is 2. The zero-order valence-corrected chi connectivity index (χ0v) is 13.8. The molecule has 2 rings (SSSR count). The van der Waals surface area contributed by atoms with E-state index >= 15 is 0 Å². The van der Waals surface area contributed by atoms with Gasteiger partial charge in [0, 0.05) is 37.1 Å². The number of likely N-dealkylation sites (tertiary alicyclic amines) is 1. The molecule has 0 atom stereocenters. The highest BCUT2D eigenvalue weighted by atomic mass is 16.5. The van der Waals surface area contributed by atoms with Crippen LogP contribution >= 0.6 is 0 Å². The number of hydrogen-bond donors (Lipinski definition) is 1. The lowest BCUT2D eigenvalue weighted by atomic mass is 9.96. The van der Waals surface area contributed by atoms with Gasteiger partial charge >= 0.3 is 0 Å². The fraction of sp³-hybridized carbons (Fsp3) is 0.647. The Morgan fingerprint density at radius 1 is 1.29 bits per heavy atom. The van der Waals surface area contributed by atoms with Gasteiger partial charge < -0.3 is 20.3 Å². The molecule has 0 aliphatic carbocycles. The molecule has 0 amide bonds. The number of nitrogens with two attached hydrogens (primary N) is 1. The molecule has 2 N–H and O–H groups in total. The maximum atomic E-state index is 6.01. The fourth-order valence-corrected chi connectivity index (χ4v) is 2.90. The van der Waals surface area contributed by atoms with Gasteiger partial charge in [0.25, 0.3) is 0 Å². The van der Waals surface area contributed by atoms with Crippen molar-refractivity contribution in [1.29, 1.82) is 0 Å². The Morgan fingerprint density at radius 3 is 2.57 bits per heavy atom. The second-order valence-electron chi connectivity index (χ2n) is 6.55. The fourth-order valence-electron chi connectivity index (χ4n) is 2.90. The number of rotatable bonds is 5. The third-order valence-electron chi connectivity index (χ3n) is 4.10. The molecule has 118 valence electrons. The van der Waals surface area contributed by atoms with Crippen molar-refractivity contribution in [2.75, 3.05) is 44.4 Å². The van der Waals surface area contributed by atoms with Crippen LogP contribution in [0.5, 0.6) is 5.75 Å². The number of benzene rings is 1. The molecule has 0 radical (unpaired) electrons. The van der Waals surface area contributed by atoms with Gasteiger partial charge in [-0.1, -0.05) is 0 Å². The van der Waals surface area contributed by atoms with Gasteiger partial charge in [-0.05, 0) is 58.8 Å². The van der Waals surface area contributed by atoms with E-state index in [0.29, 0.717) is 0 Å². The maximum absolute atomic E-state index is 6.01. The highest BCUT2D eigenvalue weighted by Gasteiger charge is 2.18. The first-order valence-corrected chi connectivity index (χ1v) is 7.91. The molecule has 4 heteroatoms. The van der Waals surface area contributed by atoms with Crippen LogP contribution in [0, 0.1) is 5.92 Å². The van der Waals surface area contributed by atoms with E-state index in [1.54, 1.807) is 0 Å². The average molecular weight is 291 g/mol. The van der Waals surface area contributed by atoms with Crippen molar-refractivity contribution in [3.05, 3.63) is 18.2 Å². The average Bonchev–Trinajstić information content (AvgIpc) is 2.40. The van der Waals surface area contributed by atoms with Crippen molar-refractivity contribution in [3.63, 3.8) is 0 Å². The van der Waals surface area contributed by atoms with Crippen LogP contribution in [0.25, 0.3) is 0 Å². The highest BCUT2D eigenvalue weighted by Crippen LogP contribution is 2.27. The van der Waals surface area contributed by atoms with Gasteiger partial charge in [-0.25, -0.2) is 0 Å². The molecule has 1 aromatic rings. The molecule has 1 heterocycles. The van der Waals surface area contributed by atoms with Crippen LogP contribution in [0.4, 0.5) is 11.4 Å². The zero-order chi connectivity index (χ0) is 15.4. The van der Waals surface area contributed by atoms with Crippen molar-refractivity contribution in [2.45, 2.75) is 32.8 Å². The molecule has 1 fully saturated rings. The predicted octanol–water partition coefficient (Wildman–Crippen LogP) is 2.83. The van der Waals surface area contributed by atoms with Crippen LogP contribution in [0.3, 0.4) is 0 Å². The summed E-state index contributed by atoms with van der Waals surface area (Å²) in [6, 6.07) is 6.01. The zero-order valence-electron chi connectivity index (χ0n) is 13.8. The van der Waals surface area contributed by atoms with E-state index in [2.05, 4.69) is 30.0 Å². The Hall–Kier alpha value is -1.42. The lowest BCUT2D eigenvalue weighted by Crippen LogP contribution is -2.35. The van der Waals surface area contributed by atoms with Crippen molar-refractivity contribution in [3.8, 4) is 5.75 Å². The molecule has 0 bridgehead atoms. The lowest BCUT2D eigenvalue weighted by molar-refractivity contribution is 0.222. The summed E-state index contributed by atoms with van der Waals surface area (Å²) in [4.78, 5) is 4.71. The first kappa shape index (κ1) is 16.0. The van der Waals surface area contributed by atoms with Crippen LogP contribution in [-0.2, 0) is 0 Å². The van der Waals surface area contributed by atoms with Crippen molar-refractivity contribution in [2.24, 2.45) is 5.92 Å². The number of hydrogen-bond acceptors (Lipinski definition) is 4. The van der Waals surface area contributed by atoms with E-state index < -0.39 is 0 Å². The van der Waals surface area contributed by atoms with Gasteiger partial charge in [-0.3, -0.25) is 0 Å². The minimum absolute atomic E-state index is 0.166. The van der Waals surface area contributed by atoms with E-state index in [-0.39, 0.29) is 6.10 Å². The van der Waals surface area contributed by atoms with E-state index in [1.807, 2.05) is 26.0 Å². The second kappa shape index (κ2) is 7.03. The van der Waals surface area contributed by atoms with Crippen LogP contribution in [0.15, 0.2) is 18.2 Å². The predicted molar refractivity (Wildman–Crippen MR) is 90.1 cm³/mol. The minimum atomic E-state index is 0.166. The second-order valence-corrected chi connectivity index (χ2v) is 6.55. The third kappa shape index (κ3) is 4.81. The molecule has 0 unspecified atom stereocenters. The Balaban J connectivity index is 2.01. The molecule has 1 aromatic carbocycles. The molecule has 1 aliphatic heterocycles. The smallest absolute Gasteiger partial charge is 0.123 e. The van der Waals surface area contributed by atoms with Gasteiger partial charge in [0.2, 0.25) is 0 Å². The van der Waals surface area contributed by atoms with Gasteiger partial charge in [0.05, 0.1) is 6.10 Å². The van der Waals surface area contributed by atoms with Crippen molar-refractivity contribution < 1.29 is 4.74 Å². The standard InChI is InChI=1S/C17H29N3O/c1-13(2)21-17-10-15(18)9-16(11-17)20(4)12-14-5-7-19(3)8-6-14/h9-11,13-14H,5-8,12,18H2,1-4H3. The largest absolute Gasteiger partial charge is 0.491 e. The summed E-state index contributed by atoms with van der Waals surface area (Å²) in [6.07, 6.45) is 2.72. The topological polar surface area (TPSA) is 41.7 Å². The van der Waals surface area contributed by atoms with Crippen LogP contribution < -0.4 is 15.4 Å². The summed E-state index contributed by atoms with van der Waals surface area (Å²) in [5, 5.41) is 0. The number of nitrogen functional groups attached to an aromatic ring is 1. The molecule has 0 aromatic heterocycles. The third-order valence-corrected chi connectivity index (χ3v) is 4.10. The number of nitrogens with zero attached hydrogens (tertiary/aromatic N) is 2. The van der Waals surface area contributed by atoms with Gasteiger partial charge in [-0.2, -0.15) is 0 Å². The maximum Gasteiger partial charge on any atom is 0.123 e.